The van der Waals surface area contributed by atoms with E-state index < -0.39 is 29.9 Å². The molecule has 2 unspecified atom stereocenters. The standard InChI is InChI=1S/C27H35F2NO4/c1-15-7-17-8-16(2)12-27(11-15,13-17)14-34-23-10-22(29)20(9-19(23)18-3-4-18)25(31)30-6-5-21(28)24(30)26(32)33/h9-10,15-18,21,24H,3-8,11-14H2,1-2H3,(H,32,33)/t15?,16?,17?,21-,24+,27?/m1/s1. The van der Waals surface area contributed by atoms with Crippen molar-refractivity contribution < 1.29 is 28.2 Å². The number of ether oxygens (including phenoxy) is 1. The zero-order valence-corrected chi connectivity index (χ0v) is 20.1. The lowest BCUT2D eigenvalue weighted by Gasteiger charge is -2.49. The van der Waals surface area contributed by atoms with E-state index in [1.807, 2.05) is 0 Å². The van der Waals surface area contributed by atoms with Gasteiger partial charge in [0.15, 0.2) is 6.04 Å². The lowest BCUT2D eigenvalue weighted by atomic mass is 9.57. The molecule has 1 amide bonds. The summed E-state index contributed by atoms with van der Waals surface area (Å²) in [7, 11) is 0. The van der Waals surface area contributed by atoms with Crippen molar-refractivity contribution in [3.63, 3.8) is 0 Å². The lowest BCUT2D eigenvalue weighted by Crippen LogP contribution is -2.44. The third-order valence-corrected chi connectivity index (χ3v) is 8.47. The van der Waals surface area contributed by atoms with Crippen molar-refractivity contribution in [3.05, 3.63) is 29.1 Å². The Labute approximate surface area is 199 Å². The van der Waals surface area contributed by atoms with Gasteiger partial charge in [-0.05, 0) is 86.7 Å². The molecule has 3 saturated carbocycles. The molecule has 0 aromatic heterocycles. The lowest BCUT2D eigenvalue weighted by molar-refractivity contribution is -0.142. The fourth-order valence-electron chi connectivity index (χ4n) is 7.32. The minimum atomic E-state index is -1.64. The molecule has 3 aliphatic carbocycles. The van der Waals surface area contributed by atoms with Crippen molar-refractivity contribution in [1.29, 1.82) is 0 Å². The van der Waals surface area contributed by atoms with Gasteiger partial charge in [0.1, 0.15) is 17.7 Å². The average molecular weight is 476 g/mol. The summed E-state index contributed by atoms with van der Waals surface area (Å²) in [6, 6.07) is 1.26. The van der Waals surface area contributed by atoms with Crippen molar-refractivity contribution in [3.8, 4) is 5.75 Å². The fraction of sp³-hybridized carbons (Fsp3) is 0.704. The molecule has 186 valence electrons. The number of fused-ring (bicyclic) bond motifs is 2. The third-order valence-electron chi connectivity index (χ3n) is 8.47. The molecule has 4 aliphatic rings. The van der Waals surface area contributed by atoms with Crippen LogP contribution in [0.25, 0.3) is 0 Å². The normalized spacial score (nSPS) is 35.3. The molecule has 5 rings (SSSR count). The molecule has 1 heterocycles. The van der Waals surface area contributed by atoms with E-state index in [4.69, 9.17) is 4.74 Å². The molecule has 1 aliphatic heterocycles. The maximum absolute atomic E-state index is 15.2. The summed E-state index contributed by atoms with van der Waals surface area (Å²) >= 11 is 0. The number of halogens is 2. The number of aliphatic carboxylic acids is 1. The van der Waals surface area contributed by atoms with Crippen LogP contribution >= 0.6 is 0 Å². The van der Waals surface area contributed by atoms with E-state index in [0.717, 1.165) is 48.5 Å². The van der Waals surface area contributed by atoms with Crippen LogP contribution in [0.1, 0.15) is 87.1 Å². The van der Waals surface area contributed by atoms with Crippen molar-refractivity contribution >= 4 is 11.9 Å². The number of carboxylic acids is 1. The number of carboxylic acid groups (broad SMARTS) is 1. The number of carbonyl (C=O) groups is 2. The van der Waals surface area contributed by atoms with Crippen LogP contribution in [0.3, 0.4) is 0 Å². The Hall–Kier alpha value is -2.18. The first-order chi connectivity index (χ1) is 16.2. The first kappa shape index (κ1) is 23.6. The molecule has 1 N–H and O–H groups in total. The molecule has 1 aromatic rings. The number of carbonyl (C=O) groups excluding carboxylic acids is 1. The second kappa shape index (κ2) is 8.80. The zero-order chi connectivity index (χ0) is 24.2. The largest absolute Gasteiger partial charge is 0.493 e. The summed E-state index contributed by atoms with van der Waals surface area (Å²) < 4.78 is 35.7. The van der Waals surface area contributed by atoms with Gasteiger partial charge in [-0.1, -0.05) is 13.8 Å². The Morgan fingerprint density at radius 2 is 1.79 bits per heavy atom. The quantitative estimate of drug-likeness (QED) is 0.584. The number of rotatable bonds is 6. The highest BCUT2D eigenvalue weighted by Gasteiger charge is 2.46. The topological polar surface area (TPSA) is 66.8 Å². The van der Waals surface area contributed by atoms with Crippen LogP contribution in [0.2, 0.25) is 0 Å². The predicted molar refractivity (Wildman–Crippen MR) is 123 cm³/mol. The van der Waals surface area contributed by atoms with Gasteiger partial charge in [0, 0.05) is 18.0 Å². The van der Waals surface area contributed by atoms with E-state index >= 15 is 4.39 Å². The molecule has 1 saturated heterocycles. The second-order valence-corrected chi connectivity index (χ2v) is 11.7. The Balaban J connectivity index is 1.39. The van der Waals surface area contributed by atoms with E-state index in [9.17, 15) is 19.1 Å². The highest BCUT2D eigenvalue weighted by molar-refractivity contribution is 5.97. The summed E-state index contributed by atoms with van der Waals surface area (Å²) in [5.41, 5.74) is 0.741. The second-order valence-electron chi connectivity index (χ2n) is 11.7. The van der Waals surface area contributed by atoms with E-state index in [0.29, 0.717) is 24.2 Å². The van der Waals surface area contributed by atoms with Gasteiger partial charge >= 0.3 is 5.97 Å². The van der Waals surface area contributed by atoms with Gasteiger partial charge in [-0.2, -0.15) is 0 Å². The van der Waals surface area contributed by atoms with Crippen molar-refractivity contribution in [2.45, 2.75) is 83.3 Å². The maximum Gasteiger partial charge on any atom is 0.329 e. The molecule has 2 bridgehead atoms. The number of alkyl halides is 1. The maximum atomic E-state index is 15.2. The molecule has 4 atom stereocenters. The Bertz CT molecular complexity index is 958. The van der Waals surface area contributed by atoms with Crippen molar-refractivity contribution in [2.75, 3.05) is 13.2 Å². The third kappa shape index (κ3) is 4.42. The van der Waals surface area contributed by atoms with Gasteiger partial charge in [0.2, 0.25) is 0 Å². The van der Waals surface area contributed by atoms with Gasteiger partial charge < -0.3 is 14.7 Å². The van der Waals surface area contributed by atoms with Crippen LogP contribution in [-0.4, -0.2) is 47.2 Å². The van der Waals surface area contributed by atoms with Crippen LogP contribution < -0.4 is 4.74 Å². The minimum absolute atomic E-state index is 0.0343. The molecule has 7 heteroatoms. The predicted octanol–water partition coefficient (Wildman–Crippen LogP) is 5.57. The summed E-state index contributed by atoms with van der Waals surface area (Å²) in [6.07, 6.45) is 6.17. The molecule has 34 heavy (non-hydrogen) atoms. The number of likely N-dealkylation sites (tertiary alicyclic amines) is 1. The van der Waals surface area contributed by atoms with Gasteiger partial charge in [-0.25, -0.2) is 13.6 Å². The van der Waals surface area contributed by atoms with E-state index in [1.54, 1.807) is 0 Å². The number of hydrogen-bond donors (Lipinski definition) is 1. The van der Waals surface area contributed by atoms with E-state index in [1.165, 1.54) is 25.0 Å². The fourth-order valence-corrected chi connectivity index (χ4v) is 7.32. The van der Waals surface area contributed by atoms with Gasteiger partial charge in [0.05, 0.1) is 12.2 Å². The average Bonchev–Trinajstić information content (AvgIpc) is 3.51. The summed E-state index contributed by atoms with van der Waals surface area (Å²) in [4.78, 5) is 25.5. The number of amides is 1. The molecule has 4 fully saturated rings. The van der Waals surface area contributed by atoms with Crippen LogP contribution in [0.4, 0.5) is 8.78 Å². The van der Waals surface area contributed by atoms with Crippen LogP contribution in [0.15, 0.2) is 12.1 Å². The Kier molecular flexibility index (Phi) is 6.09. The van der Waals surface area contributed by atoms with Gasteiger partial charge in [-0.3, -0.25) is 4.79 Å². The number of nitrogens with zero attached hydrogens (tertiary/aromatic N) is 1. The summed E-state index contributed by atoms with van der Waals surface area (Å²) in [5, 5.41) is 9.37. The molecule has 0 radical (unpaired) electrons. The molecule has 0 spiro atoms. The van der Waals surface area contributed by atoms with Crippen molar-refractivity contribution in [1.82, 2.24) is 4.90 Å². The van der Waals surface area contributed by atoms with Crippen LogP contribution in [0, 0.1) is 29.0 Å². The Morgan fingerprint density at radius 1 is 1.12 bits per heavy atom. The molecule has 5 nitrogen and oxygen atoms in total. The van der Waals surface area contributed by atoms with Crippen LogP contribution in [-0.2, 0) is 4.79 Å². The number of hydrogen-bond acceptors (Lipinski definition) is 3. The summed E-state index contributed by atoms with van der Waals surface area (Å²) in [5.74, 6) is -0.126. The first-order valence-electron chi connectivity index (χ1n) is 12.8. The van der Waals surface area contributed by atoms with E-state index in [-0.39, 0.29) is 29.9 Å². The highest BCUT2D eigenvalue weighted by Crippen LogP contribution is 2.53. The van der Waals surface area contributed by atoms with Gasteiger partial charge in [0.25, 0.3) is 5.91 Å². The smallest absolute Gasteiger partial charge is 0.329 e. The molecule has 1 aromatic carbocycles. The first-order valence-corrected chi connectivity index (χ1v) is 12.8. The Morgan fingerprint density at radius 3 is 2.41 bits per heavy atom. The molecular formula is C27H35F2NO4. The summed E-state index contributed by atoms with van der Waals surface area (Å²) in [6.45, 7) is 5.16. The van der Waals surface area contributed by atoms with Gasteiger partial charge in [-0.15, -0.1) is 0 Å². The SMILES string of the molecule is CC1CC2CC(C)CC(COc3cc(F)c(C(=O)N4CC[C@@H](F)[C@H]4C(=O)O)cc3C3CC3)(C1)C2. The van der Waals surface area contributed by atoms with Crippen LogP contribution in [0.5, 0.6) is 5.75 Å². The zero-order valence-electron chi connectivity index (χ0n) is 20.1. The van der Waals surface area contributed by atoms with Crippen molar-refractivity contribution in [2.24, 2.45) is 23.2 Å². The highest BCUT2D eigenvalue weighted by atomic mass is 19.1. The monoisotopic (exact) mass is 475 g/mol. The minimum Gasteiger partial charge on any atom is -0.493 e. The number of benzene rings is 1. The molecular weight excluding hydrogens is 440 g/mol. The van der Waals surface area contributed by atoms with E-state index in [2.05, 4.69) is 13.8 Å².